The summed E-state index contributed by atoms with van der Waals surface area (Å²) < 4.78 is 26.8. The summed E-state index contributed by atoms with van der Waals surface area (Å²) in [5.41, 5.74) is 0. The molecule has 2 rings (SSSR count). The smallest absolute Gasteiger partial charge is 0.243 e. The van der Waals surface area contributed by atoms with Crippen LogP contribution < -0.4 is 0 Å². The molecule has 1 unspecified atom stereocenters. The van der Waals surface area contributed by atoms with E-state index in [1.807, 2.05) is 6.92 Å². The molecule has 6 nitrogen and oxygen atoms in total. The molecule has 0 aromatic heterocycles. The molecule has 7 heteroatoms. The number of sulfonamides is 1. The second-order valence-corrected chi connectivity index (χ2v) is 7.59. The summed E-state index contributed by atoms with van der Waals surface area (Å²) in [5.74, 6) is -0.414. The highest BCUT2D eigenvalue weighted by molar-refractivity contribution is 7.89. The number of carbonyl (C=O) groups excluding carboxylic acids is 1. The minimum atomic E-state index is -3.56. The second kappa shape index (κ2) is 7.90. The van der Waals surface area contributed by atoms with Crippen LogP contribution in [0.15, 0.2) is 35.2 Å². The van der Waals surface area contributed by atoms with Crippen LogP contribution in [0, 0.1) is 5.92 Å². The van der Waals surface area contributed by atoms with Crippen LogP contribution in [0.1, 0.15) is 19.8 Å². The number of hydrogen-bond acceptors (Lipinski definition) is 4. The van der Waals surface area contributed by atoms with E-state index in [0.717, 1.165) is 0 Å². The van der Waals surface area contributed by atoms with Crippen LogP contribution in [-0.4, -0.2) is 61.4 Å². The third-order valence-electron chi connectivity index (χ3n) is 4.18. The highest BCUT2D eigenvalue weighted by atomic mass is 32.2. The lowest BCUT2D eigenvalue weighted by molar-refractivity contribution is -0.137. The van der Waals surface area contributed by atoms with Crippen LogP contribution >= 0.6 is 0 Å². The number of rotatable bonds is 6. The van der Waals surface area contributed by atoms with Gasteiger partial charge >= 0.3 is 0 Å². The van der Waals surface area contributed by atoms with E-state index in [-0.39, 0.29) is 36.4 Å². The molecule has 0 radical (unpaired) electrons. The summed E-state index contributed by atoms with van der Waals surface area (Å²) in [7, 11) is -3.56. The molecule has 1 N–H and O–H groups in total. The Labute approximate surface area is 137 Å². The molecule has 1 aromatic carbocycles. The third-order valence-corrected chi connectivity index (χ3v) is 6.06. The van der Waals surface area contributed by atoms with Gasteiger partial charge in [-0.2, -0.15) is 4.31 Å². The number of piperidine rings is 1. The number of nitrogens with zero attached hydrogens (tertiary/aromatic N) is 2. The number of aliphatic hydroxyl groups is 1. The van der Waals surface area contributed by atoms with Crippen molar-refractivity contribution in [1.29, 1.82) is 0 Å². The monoisotopic (exact) mass is 340 g/mol. The number of benzene rings is 1. The first-order valence-electron chi connectivity index (χ1n) is 7.95. The van der Waals surface area contributed by atoms with Crippen molar-refractivity contribution in [2.24, 2.45) is 5.92 Å². The fourth-order valence-corrected chi connectivity index (χ4v) is 4.45. The lowest BCUT2D eigenvalue weighted by atomic mass is 9.98. The van der Waals surface area contributed by atoms with Gasteiger partial charge in [-0.05, 0) is 31.9 Å². The predicted octanol–water partition coefficient (Wildman–Crippen LogP) is 0.928. The third kappa shape index (κ3) is 4.10. The van der Waals surface area contributed by atoms with Gasteiger partial charge < -0.3 is 10.0 Å². The lowest BCUT2D eigenvalue weighted by Gasteiger charge is -2.34. The molecule has 0 bridgehead atoms. The summed E-state index contributed by atoms with van der Waals surface area (Å²) in [5, 5.41) is 9.04. The molecule has 1 aliphatic heterocycles. The lowest BCUT2D eigenvalue weighted by Crippen LogP contribution is -2.47. The van der Waals surface area contributed by atoms with E-state index in [9.17, 15) is 13.2 Å². The first-order valence-corrected chi connectivity index (χ1v) is 9.39. The van der Waals surface area contributed by atoms with E-state index in [1.165, 1.54) is 4.31 Å². The van der Waals surface area contributed by atoms with Gasteiger partial charge in [-0.1, -0.05) is 18.2 Å². The van der Waals surface area contributed by atoms with Crippen LogP contribution in [0.2, 0.25) is 0 Å². The van der Waals surface area contributed by atoms with Crippen molar-refractivity contribution in [3.63, 3.8) is 0 Å². The molecule has 1 heterocycles. The first kappa shape index (κ1) is 17.9. The van der Waals surface area contributed by atoms with Gasteiger partial charge in [0.05, 0.1) is 17.4 Å². The minimum absolute atomic E-state index is 0.0745. The van der Waals surface area contributed by atoms with Gasteiger partial charge in [0, 0.05) is 26.2 Å². The SMILES string of the molecule is CCN(CCO)C(=O)C1CCCN(S(=O)(=O)c2ccccc2)C1. The van der Waals surface area contributed by atoms with Gasteiger partial charge in [0.25, 0.3) is 0 Å². The van der Waals surface area contributed by atoms with Gasteiger partial charge in [-0.25, -0.2) is 8.42 Å². The van der Waals surface area contributed by atoms with Crippen molar-refractivity contribution >= 4 is 15.9 Å². The van der Waals surface area contributed by atoms with Crippen molar-refractivity contribution in [3.05, 3.63) is 30.3 Å². The number of carbonyl (C=O) groups is 1. The Bertz CT molecular complexity index is 618. The topological polar surface area (TPSA) is 77.9 Å². The van der Waals surface area contributed by atoms with E-state index in [4.69, 9.17) is 5.11 Å². The molecule has 1 aliphatic rings. The molecular formula is C16H24N2O4S. The molecule has 1 atom stereocenters. The zero-order valence-corrected chi connectivity index (χ0v) is 14.2. The summed E-state index contributed by atoms with van der Waals surface area (Å²) in [6, 6.07) is 8.31. The van der Waals surface area contributed by atoms with Crippen molar-refractivity contribution in [3.8, 4) is 0 Å². The maximum atomic E-state index is 12.7. The highest BCUT2D eigenvalue weighted by Gasteiger charge is 2.34. The zero-order chi connectivity index (χ0) is 16.9. The largest absolute Gasteiger partial charge is 0.395 e. The van der Waals surface area contributed by atoms with Gasteiger partial charge in [-0.15, -0.1) is 0 Å². The number of hydrogen-bond donors (Lipinski definition) is 1. The molecule has 1 saturated heterocycles. The van der Waals surface area contributed by atoms with Gasteiger partial charge in [0.15, 0.2) is 0 Å². The van der Waals surface area contributed by atoms with E-state index < -0.39 is 10.0 Å². The average molecular weight is 340 g/mol. The van der Waals surface area contributed by atoms with Crippen molar-refractivity contribution in [2.75, 3.05) is 32.8 Å². The number of likely N-dealkylation sites (N-methyl/N-ethyl adjacent to an activating group) is 1. The summed E-state index contributed by atoms with van der Waals surface area (Å²) in [4.78, 5) is 14.4. The summed E-state index contributed by atoms with van der Waals surface area (Å²) in [6.45, 7) is 3.22. The average Bonchev–Trinajstić information content (AvgIpc) is 2.60. The quantitative estimate of drug-likeness (QED) is 0.836. The van der Waals surface area contributed by atoms with E-state index in [1.54, 1.807) is 35.2 Å². The predicted molar refractivity (Wildman–Crippen MR) is 87.3 cm³/mol. The summed E-state index contributed by atoms with van der Waals surface area (Å²) >= 11 is 0. The molecule has 0 aliphatic carbocycles. The Morgan fingerprint density at radius 2 is 2.04 bits per heavy atom. The van der Waals surface area contributed by atoms with Crippen LogP contribution in [0.5, 0.6) is 0 Å². The second-order valence-electron chi connectivity index (χ2n) is 5.66. The Morgan fingerprint density at radius 3 is 2.65 bits per heavy atom. The van der Waals surface area contributed by atoms with E-state index in [0.29, 0.717) is 25.9 Å². The zero-order valence-electron chi connectivity index (χ0n) is 13.4. The van der Waals surface area contributed by atoms with E-state index in [2.05, 4.69) is 0 Å². The normalized spacial score (nSPS) is 19.5. The summed E-state index contributed by atoms with van der Waals surface area (Å²) in [6.07, 6.45) is 1.35. The number of amides is 1. The van der Waals surface area contributed by atoms with E-state index >= 15 is 0 Å². The Balaban J connectivity index is 2.13. The van der Waals surface area contributed by atoms with Crippen molar-refractivity contribution in [1.82, 2.24) is 9.21 Å². The van der Waals surface area contributed by atoms with Gasteiger partial charge in [0.2, 0.25) is 15.9 Å². The minimum Gasteiger partial charge on any atom is -0.395 e. The first-order chi connectivity index (χ1) is 11.0. The fraction of sp³-hybridized carbons (Fsp3) is 0.562. The molecule has 1 aromatic rings. The Hall–Kier alpha value is -1.44. The fourth-order valence-electron chi connectivity index (χ4n) is 2.91. The van der Waals surface area contributed by atoms with Crippen LogP contribution in [-0.2, 0) is 14.8 Å². The Kier molecular flexibility index (Phi) is 6.15. The maximum Gasteiger partial charge on any atom is 0.243 e. The van der Waals surface area contributed by atoms with Gasteiger partial charge in [0.1, 0.15) is 0 Å². The number of aliphatic hydroxyl groups excluding tert-OH is 1. The molecule has 128 valence electrons. The van der Waals surface area contributed by atoms with Crippen molar-refractivity contribution in [2.45, 2.75) is 24.7 Å². The van der Waals surface area contributed by atoms with Gasteiger partial charge in [-0.3, -0.25) is 4.79 Å². The van der Waals surface area contributed by atoms with Crippen LogP contribution in [0.25, 0.3) is 0 Å². The Morgan fingerprint density at radius 1 is 1.35 bits per heavy atom. The standard InChI is InChI=1S/C16H24N2O4S/c1-2-17(11-12-19)16(20)14-7-6-10-18(13-14)23(21,22)15-8-4-3-5-9-15/h3-5,8-9,14,19H,2,6-7,10-13H2,1H3. The molecule has 1 fully saturated rings. The molecule has 23 heavy (non-hydrogen) atoms. The van der Waals surface area contributed by atoms with Crippen LogP contribution in [0.3, 0.4) is 0 Å². The maximum absolute atomic E-state index is 12.7. The molecule has 0 saturated carbocycles. The molecule has 0 spiro atoms. The molecule has 1 amide bonds. The highest BCUT2D eigenvalue weighted by Crippen LogP contribution is 2.24. The molecular weight excluding hydrogens is 316 g/mol. The van der Waals surface area contributed by atoms with Crippen LogP contribution in [0.4, 0.5) is 0 Å². The van der Waals surface area contributed by atoms with Crippen molar-refractivity contribution < 1.29 is 18.3 Å².